The van der Waals surface area contributed by atoms with Gasteiger partial charge in [0.2, 0.25) is 0 Å². The van der Waals surface area contributed by atoms with E-state index >= 15 is 0 Å². The van der Waals surface area contributed by atoms with Gasteiger partial charge < -0.3 is 4.74 Å². The lowest BCUT2D eigenvalue weighted by molar-refractivity contribution is 0.307. The molecule has 0 unspecified atom stereocenters. The number of rotatable bonds is 6. The van der Waals surface area contributed by atoms with Gasteiger partial charge in [0.1, 0.15) is 5.75 Å². The second-order valence-corrected chi connectivity index (χ2v) is 6.26. The SMILES string of the molecule is Cc1cc(Br)cc(CBr)c1OCCCc1ccccc1. The van der Waals surface area contributed by atoms with Crippen LogP contribution in [0.1, 0.15) is 23.1 Å². The van der Waals surface area contributed by atoms with Crippen molar-refractivity contribution in [3.05, 3.63) is 63.6 Å². The molecule has 2 rings (SSSR count). The summed E-state index contributed by atoms with van der Waals surface area (Å²) in [5.74, 6) is 1.01. The normalized spacial score (nSPS) is 10.6. The minimum absolute atomic E-state index is 0.747. The van der Waals surface area contributed by atoms with Crippen molar-refractivity contribution in [3.63, 3.8) is 0 Å². The van der Waals surface area contributed by atoms with Crippen molar-refractivity contribution in [2.24, 2.45) is 0 Å². The number of hydrogen-bond donors (Lipinski definition) is 0. The predicted molar refractivity (Wildman–Crippen MR) is 91.8 cm³/mol. The fourth-order valence-corrected chi connectivity index (χ4v) is 3.24. The van der Waals surface area contributed by atoms with Crippen LogP contribution < -0.4 is 4.74 Å². The van der Waals surface area contributed by atoms with Crippen LogP contribution in [0.25, 0.3) is 0 Å². The Morgan fingerprint density at radius 3 is 2.55 bits per heavy atom. The molecule has 0 saturated heterocycles. The Balaban J connectivity index is 1.91. The molecule has 2 aromatic carbocycles. The van der Waals surface area contributed by atoms with Crippen molar-refractivity contribution in [2.45, 2.75) is 25.1 Å². The smallest absolute Gasteiger partial charge is 0.126 e. The number of benzene rings is 2. The second kappa shape index (κ2) is 7.84. The lowest BCUT2D eigenvalue weighted by Crippen LogP contribution is -2.03. The molecule has 106 valence electrons. The fraction of sp³-hybridized carbons (Fsp3) is 0.294. The molecule has 0 aliphatic heterocycles. The zero-order valence-electron chi connectivity index (χ0n) is 11.5. The van der Waals surface area contributed by atoms with Gasteiger partial charge in [0, 0.05) is 15.4 Å². The second-order valence-electron chi connectivity index (χ2n) is 4.78. The average Bonchev–Trinajstić information content (AvgIpc) is 2.45. The molecule has 0 radical (unpaired) electrons. The van der Waals surface area contributed by atoms with E-state index in [0.717, 1.165) is 35.0 Å². The average molecular weight is 398 g/mol. The van der Waals surface area contributed by atoms with E-state index in [1.54, 1.807) is 0 Å². The van der Waals surface area contributed by atoms with Crippen LogP contribution in [0.5, 0.6) is 5.75 Å². The van der Waals surface area contributed by atoms with Crippen LogP contribution in [0.3, 0.4) is 0 Å². The van der Waals surface area contributed by atoms with Gasteiger partial charge >= 0.3 is 0 Å². The summed E-state index contributed by atoms with van der Waals surface area (Å²) in [6.07, 6.45) is 2.08. The summed E-state index contributed by atoms with van der Waals surface area (Å²) in [6.45, 7) is 2.83. The highest BCUT2D eigenvalue weighted by atomic mass is 79.9. The summed E-state index contributed by atoms with van der Waals surface area (Å²) in [5.41, 5.74) is 3.73. The van der Waals surface area contributed by atoms with Gasteiger partial charge in [-0.25, -0.2) is 0 Å². The summed E-state index contributed by atoms with van der Waals surface area (Å²) in [4.78, 5) is 0. The molecule has 0 aliphatic carbocycles. The first kappa shape index (κ1) is 15.6. The summed E-state index contributed by atoms with van der Waals surface area (Å²) in [5, 5.41) is 0.807. The molecule has 0 aliphatic rings. The zero-order valence-corrected chi connectivity index (χ0v) is 14.7. The monoisotopic (exact) mass is 396 g/mol. The van der Waals surface area contributed by atoms with Crippen molar-refractivity contribution in [3.8, 4) is 5.75 Å². The highest BCUT2D eigenvalue weighted by molar-refractivity contribution is 9.10. The van der Waals surface area contributed by atoms with E-state index in [-0.39, 0.29) is 0 Å². The maximum atomic E-state index is 5.98. The van der Waals surface area contributed by atoms with Gasteiger partial charge in [-0.1, -0.05) is 62.2 Å². The van der Waals surface area contributed by atoms with Crippen molar-refractivity contribution in [1.29, 1.82) is 0 Å². The summed E-state index contributed by atoms with van der Waals surface area (Å²) in [6, 6.07) is 14.7. The minimum atomic E-state index is 0.747. The predicted octanol–water partition coefficient (Wildman–Crippen LogP) is 5.66. The number of alkyl halides is 1. The van der Waals surface area contributed by atoms with Gasteiger partial charge in [-0.05, 0) is 43.0 Å². The number of hydrogen-bond acceptors (Lipinski definition) is 1. The Morgan fingerprint density at radius 1 is 1.10 bits per heavy atom. The van der Waals surface area contributed by atoms with E-state index in [1.807, 2.05) is 6.07 Å². The molecule has 0 saturated carbocycles. The summed E-state index contributed by atoms with van der Waals surface area (Å²) < 4.78 is 7.08. The maximum Gasteiger partial charge on any atom is 0.126 e. The molecule has 0 spiro atoms. The first-order valence-electron chi connectivity index (χ1n) is 6.72. The highest BCUT2D eigenvalue weighted by Gasteiger charge is 2.08. The van der Waals surface area contributed by atoms with Crippen molar-refractivity contribution < 1.29 is 4.74 Å². The molecule has 0 amide bonds. The van der Waals surface area contributed by atoms with E-state index in [4.69, 9.17) is 4.74 Å². The molecule has 0 heterocycles. The molecular weight excluding hydrogens is 380 g/mol. The largest absolute Gasteiger partial charge is 0.493 e. The van der Waals surface area contributed by atoms with Crippen LogP contribution in [0.4, 0.5) is 0 Å². The molecule has 2 aromatic rings. The number of ether oxygens (including phenoxy) is 1. The van der Waals surface area contributed by atoms with E-state index in [2.05, 4.69) is 75.2 Å². The van der Waals surface area contributed by atoms with Crippen LogP contribution in [0.2, 0.25) is 0 Å². The molecule has 1 nitrogen and oxygen atoms in total. The highest BCUT2D eigenvalue weighted by Crippen LogP contribution is 2.29. The zero-order chi connectivity index (χ0) is 14.4. The van der Waals surface area contributed by atoms with Crippen LogP contribution >= 0.6 is 31.9 Å². The summed E-state index contributed by atoms with van der Waals surface area (Å²) >= 11 is 7.05. The molecule has 0 N–H and O–H groups in total. The van der Waals surface area contributed by atoms with E-state index < -0.39 is 0 Å². The number of halogens is 2. The lowest BCUT2D eigenvalue weighted by atomic mass is 10.1. The molecule has 20 heavy (non-hydrogen) atoms. The summed E-state index contributed by atoms with van der Waals surface area (Å²) in [7, 11) is 0. The van der Waals surface area contributed by atoms with Gasteiger partial charge in [-0.3, -0.25) is 0 Å². The van der Waals surface area contributed by atoms with Gasteiger partial charge in [-0.15, -0.1) is 0 Å². The van der Waals surface area contributed by atoms with Crippen LogP contribution in [0, 0.1) is 6.92 Å². The third-order valence-electron chi connectivity index (χ3n) is 3.16. The minimum Gasteiger partial charge on any atom is -0.493 e. The van der Waals surface area contributed by atoms with E-state index in [1.165, 1.54) is 16.7 Å². The van der Waals surface area contributed by atoms with Gasteiger partial charge in [0.15, 0.2) is 0 Å². The third-order valence-corrected chi connectivity index (χ3v) is 4.22. The fourth-order valence-electron chi connectivity index (χ4n) is 2.20. The Bertz CT molecular complexity index is 552. The van der Waals surface area contributed by atoms with Gasteiger partial charge in [-0.2, -0.15) is 0 Å². The molecule has 0 bridgehead atoms. The number of aryl methyl sites for hydroxylation is 2. The molecular formula is C17H18Br2O. The third kappa shape index (κ3) is 4.35. The van der Waals surface area contributed by atoms with Crippen molar-refractivity contribution in [2.75, 3.05) is 6.61 Å². The topological polar surface area (TPSA) is 9.23 Å². The van der Waals surface area contributed by atoms with Crippen molar-refractivity contribution >= 4 is 31.9 Å². The Morgan fingerprint density at radius 2 is 1.85 bits per heavy atom. The maximum absolute atomic E-state index is 5.98. The van der Waals surface area contributed by atoms with Gasteiger partial charge in [0.25, 0.3) is 0 Å². The standard InChI is InChI=1S/C17H18Br2O/c1-13-10-16(19)11-15(12-18)17(13)20-9-5-8-14-6-3-2-4-7-14/h2-4,6-7,10-11H,5,8-9,12H2,1H3. The van der Waals surface area contributed by atoms with Crippen molar-refractivity contribution in [1.82, 2.24) is 0 Å². The lowest BCUT2D eigenvalue weighted by Gasteiger charge is -2.13. The van der Waals surface area contributed by atoms with Crippen LogP contribution in [-0.2, 0) is 11.8 Å². The molecule has 0 atom stereocenters. The Kier molecular flexibility index (Phi) is 6.11. The molecule has 0 aromatic heterocycles. The van der Waals surface area contributed by atoms with E-state index in [9.17, 15) is 0 Å². The molecule has 0 fully saturated rings. The molecule has 3 heteroatoms. The first-order valence-corrected chi connectivity index (χ1v) is 8.64. The Labute approximate surface area is 137 Å². The van der Waals surface area contributed by atoms with Crippen LogP contribution in [0.15, 0.2) is 46.9 Å². The Hall–Kier alpha value is -0.800. The first-order chi connectivity index (χ1) is 9.70. The van der Waals surface area contributed by atoms with Gasteiger partial charge in [0.05, 0.1) is 6.61 Å². The quantitative estimate of drug-likeness (QED) is 0.451. The van der Waals surface area contributed by atoms with Crippen LogP contribution in [-0.4, -0.2) is 6.61 Å². The van der Waals surface area contributed by atoms with E-state index in [0.29, 0.717) is 0 Å².